The van der Waals surface area contributed by atoms with Crippen molar-refractivity contribution in [1.82, 2.24) is 5.43 Å². The molecule has 0 radical (unpaired) electrons. The molecule has 1 aliphatic heterocycles. The second kappa shape index (κ2) is 6.87. The standard InChI is InChI=1S/C16H13N3O6/c1-23-12-4-2-10(3-5-12)16(20)18-17-8-11-6-14-15(25-9-24-14)7-13(11)19(21)22/h2-8H,9H2,1H3,(H,18,20)/b17-8+. The van der Waals surface area contributed by atoms with Crippen LogP contribution in [0.2, 0.25) is 0 Å². The number of hydrazone groups is 1. The molecule has 0 unspecified atom stereocenters. The number of hydrogen-bond acceptors (Lipinski definition) is 7. The third kappa shape index (κ3) is 3.50. The lowest BCUT2D eigenvalue weighted by Gasteiger charge is -2.03. The highest BCUT2D eigenvalue weighted by Crippen LogP contribution is 2.37. The lowest BCUT2D eigenvalue weighted by molar-refractivity contribution is -0.385. The number of fused-ring (bicyclic) bond motifs is 1. The smallest absolute Gasteiger partial charge is 0.282 e. The average molecular weight is 343 g/mol. The highest BCUT2D eigenvalue weighted by molar-refractivity contribution is 5.95. The van der Waals surface area contributed by atoms with Crippen LogP contribution in [0.4, 0.5) is 5.69 Å². The van der Waals surface area contributed by atoms with E-state index in [4.69, 9.17) is 14.2 Å². The van der Waals surface area contributed by atoms with Gasteiger partial charge < -0.3 is 14.2 Å². The first kappa shape index (κ1) is 16.2. The number of rotatable bonds is 5. The molecule has 0 aromatic heterocycles. The average Bonchev–Trinajstić information content (AvgIpc) is 3.08. The molecular weight excluding hydrogens is 330 g/mol. The third-order valence-corrected chi connectivity index (χ3v) is 3.44. The summed E-state index contributed by atoms with van der Waals surface area (Å²) in [5.74, 6) is 0.845. The number of carbonyl (C=O) groups excluding carboxylic acids is 1. The van der Waals surface area contributed by atoms with E-state index in [-0.39, 0.29) is 18.0 Å². The minimum Gasteiger partial charge on any atom is -0.497 e. The van der Waals surface area contributed by atoms with Gasteiger partial charge in [0.15, 0.2) is 11.5 Å². The Labute approximate surface area is 142 Å². The minimum absolute atomic E-state index is 0.00128. The molecule has 9 heteroatoms. The number of hydrogen-bond donors (Lipinski definition) is 1. The third-order valence-electron chi connectivity index (χ3n) is 3.44. The molecule has 0 atom stereocenters. The summed E-state index contributed by atoms with van der Waals surface area (Å²) in [6.07, 6.45) is 1.18. The zero-order valence-corrected chi connectivity index (χ0v) is 13.1. The monoisotopic (exact) mass is 343 g/mol. The van der Waals surface area contributed by atoms with Crippen LogP contribution in [-0.2, 0) is 0 Å². The van der Waals surface area contributed by atoms with Crippen molar-refractivity contribution in [1.29, 1.82) is 0 Å². The van der Waals surface area contributed by atoms with E-state index in [1.807, 2.05) is 0 Å². The van der Waals surface area contributed by atoms with Crippen molar-refractivity contribution in [3.63, 3.8) is 0 Å². The Hall–Kier alpha value is -3.62. The van der Waals surface area contributed by atoms with Crippen LogP contribution >= 0.6 is 0 Å². The van der Waals surface area contributed by atoms with Crippen molar-refractivity contribution in [2.24, 2.45) is 5.10 Å². The largest absolute Gasteiger partial charge is 0.497 e. The zero-order valence-electron chi connectivity index (χ0n) is 13.1. The number of nitrogens with zero attached hydrogens (tertiary/aromatic N) is 2. The molecule has 0 bridgehead atoms. The van der Waals surface area contributed by atoms with E-state index in [0.29, 0.717) is 22.8 Å². The van der Waals surface area contributed by atoms with Gasteiger partial charge in [-0.2, -0.15) is 5.10 Å². The van der Waals surface area contributed by atoms with Gasteiger partial charge >= 0.3 is 0 Å². The Kier molecular flexibility index (Phi) is 4.46. The van der Waals surface area contributed by atoms with Crippen molar-refractivity contribution in [3.8, 4) is 17.2 Å². The van der Waals surface area contributed by atoms with Crippen molar-refractivity contribution >= 4 is 17.8 Å². The van der Waals surface area contributed by atoms with Gasteiger partial charge in [0, 0.05) is 5.56 Å². The van der Waals surface area contributed by atoms with Gasteiger partial charge in [-0.05, 0) is 30.3 Å². The lowest BCUT2D eigenvalue weighted by atomic mass is 10.1. The van der Waals surface area contributed by atoms with E-state index in [1.54, 1.807) is 24.3 Å². The van der Waals surface area contributed by atoms with Gasteiger partial charge in [0.25, 0.3) is 11.6 Å². The molecule has 3 rings (SSSR count). The number of nitro benzene ring substituents is 1. The van der Waals surface area contributed by atoms with Gasteiger partial charge in [-0.15, -0.1) is 0 Å². The van der Waals surface area contributed by atoms with Crippen molar-refractivity contribution < 1.29 is 23.9 Å². The molecule has 128 valence electrons. The second-order valence-electron chi connectivity index (χ2n) is 4.95. The molecule has 25 heavy (non-hydrogen) atoms. The Balaban J connectivity index is 1.75. The van der Waals surface area contributed by atoms with Gasteiger partial charge in [-0.3, -0.25) is 14.9 Å². The van der Waals surface area contributed by atoms with Crippen LogP contribution in [0.3, 0.4) is 0 Å². The van der Waals surface area contributed by atoms with Gasteiger partial charge in [0.2, 0.25) is 6.79 Å². The zero-order chi connectivity index (χ0) is 17.8. The molecular formula is C16H13N3O6. The highest BCUT2D eigenvalue weighted by Gasteiger charge is 2.22. The van der Waals surface area contributed by atoms with Gasteiger partial charge in [0.05, 0.1) is 29.9 Å². The molecule has 1 amide bonds. The number of methoxy groups -OCH3 is 1. The van der Waals surface area contributed by atoms with E-state index in [0.717, 1.165) is 0 Å². The number of nitrogens with one attached hydrogen (secondary N) is 1. The number of amides is 1. The normalized spacial score (nSPS) is 12.2. The fraction of sp³-hybridized carbons (Fsp3) is 0.125. The summed E-state index contributed by atoms with van der Waals surface area (Å²) in [6, 6.07) is 9.13. The minimum atomic E-state index is -0.561. The molecule has 0 saturated carbocycles. The highest BCUT2D eigenvalue weighted by atomic mass is 16.7. The van der Waals surface area contributed by atoms with Crippen LogP contribution in [0.5, 0.6) is 17.2 Å². The first-order valence-corrected chi connectivity index (χ1v) is 7.14. The van der Waals surface area contributed by atoms with Gasteiger partial charge in [0.1, 0.15) is 5.75 Å². The summed E-state index contributed by atoms with van der Waals surface area (Å²) in [7, 11) is 1.53. The Bertz CT molecular complexity index is 848. The molecule has 0 saturated heterocycles. The first-order chi connectivity index (χ1) is 12.1. The van der Waals surface area contributed by atoms with Gasteiger partial charge in [-0.25, -0.2) is 5.43 Å². The topological polar surface area (TPSA) is 112 Å². The molecule has 1 heterocycles. The fourth-order valence-electron chi connectivity index (χ4n) is 2.18. The van der Waals surface area contributed by atoms with Crippen LogP contribution < -0.4 is 19.6 Å². The maximum Gasteiger partial charge on any atom is 0.282 e. The van der Waals surface area contributed by atoms with Crippen LogP contribution in [0.15, 0.2) is 41.5 Å². The van der Waals surface area contributed by atoms with E-state index in [2.05, 4.69) is 10.5 Å². The Morgan fingerprint density at radius 2 is 1.96 bits per heavy atom. The first-order valence-electron chi connectivity index (χ1n) is 7.14. The molecule has 0 fully saturated rings. The Morgan fingerprint density at radius 3 is 2.60 bits per heavy atom. The maximum absolute atomic E-state index is 12.0. The summed E-state index contributed by atoms with van der Waals surface area (Å²) >= 11 is 0. The summed E-state index contributed by atoms with van der Waals surface area (Å²) in [4.78, 5) is 22.6. The SMILES string of the molecule is COc1ccc(C(=O)N/N=C/c2cc3c(cc2[N+](=O)[O-])OCO3)cc1. The number of ether oxygens (including phenoxy) is 3. The quantitative estimate of drug-likeness (QED) is 0.505. The Morgan fingerprint density at radius 1 is 1.28 bits per heavy atom. The van der Waals surface area contributed by atoms with E-state index in [9.17, 15) is 14.9 Å². The fourth-order valence-corrected chi connectivity index (χ4v) is 2.18. The van der Waals surface area contributed by atoms with E-state index >= 15 is 0 Å². The maximum atomic E-state index is 12.0. The molecule has 1 N–H and O–H groups in total. The van der Waals surface area contributed by atoms with Crippen LogP contribution in [0.25, 0.3) is 0 Å². The molecule has 2 aromatic carbocycles. The molecule has 9 nitrogen and oxygen atoms in total. The summed E-state index contributed by atoms with van der Waals surface area (Å²) in [5.41, 5.74) is 2.67. The number of carbonyl (C=O) groups is 1. The van der Waals surface area contributed by atoms with Crippen molar-refractivity contribution in [2.75, 3.05) is 13.9 Å². The predicted octanol–water partition coefficient (Wildman–Crippen LogP) is 2.10. The van der Waals surface area contributed by atoms with Gasteiger partial charge in [-0.1, -0.05) is 0 Å². The summed E-state index contributed by atoms with van der Waals surface area (Å²) in [5, 5.41) is 14.9. The number of nitro groups is 1. The number of benzene rings is 2. The van der Waals surface area contributed by atoms with Crippen LogP contribution in [-0.4, -0.2) is 30.9 Å². The summed E-state index contributed by atoms with van der Waals surface area (Å²) < 4.78 is 15.3. The molecule has 0 aliphatic carbocycles. The second-order valence-corrected chi connectivity index (χ2v) is 4.95. The van der Waals surface area contributed by atoms with Crippen LogP contribution in [0, 0.1) is 10.1 Å². The lowest BCUT2D eigenvalue weighted by Crippen LogP contribution is -2.17. The van der Waals surface area contributed by atoms with E-state index in [1.165, 1.54) is 25.5 Å². The van der Waals surface area contributed by atoms with Crippen LogP contribution in [0.1, 0.15) is 15.9 Å². The molecule has 1 aliphatic rings. The van der Waals surface area contributed by atoms with Crippen molar-refractivity contribution in [3.05, 3.63) is 57.6 Å². The molecule has 2 aromatic rings. The summed E-state index contributed by atoms with van der Waals surface area (Å²) in [6.45, 7) is 0.00128. The van der Waals surface area contributed by atoms with Crippen molar-refractivity contribution in [2.45, 2.75) is 0 Å². The van der Waals surface area contributed by atoms with E-state index < -0.39 is 10.8 Å². The predicted molar refractivity (Wildman–Crippen MR) is 87.3 cm³/mol. The molecule has 0 spiro atoms.